The fourth-order valence-corrected chi connectivity index (χ4v) is 6.33. The molecule has 1 heterocycles. The van der Waals surface area contributed by atoms with Gasteiger partial charge in [-0.25, -0.2) is 0 Å². The molecule has 2 aliphatic carbocycles. The molecule has 2 fully saturated rings. The van der Waals surface area contributed by atoms with Gasteiger partial charge in [0.2, 0.25) is 0 Å². The van der Waals surface area contributed by atoms with Gasteiger partial charge in [-0.3, -0.25) is 4.79 Å². The van der Waals surface area contributed by atoms with Crippen LogP contribution in [0, 0.1) is 17.8 Å². The Hall–Kier alpha value is -1.68. The number of fused-ring (bicyclic) bond motifs is 1. The molecule has 0 N–H and O–H groups in total. The number of likely N-dealkylation sites (tertiary alicyclic amines) is 1. The van der Waals surface area contributed by atoms with Gasteiger partial charge in [0.05, 0.1) is 5.92 Å². The molecule has 1 saturated carbocycles. The number of ether oxygens (including phenoxy) is 1. The lowest BCUT2D eigenvalue weighted by molar-refractivity contribution is -0.142. The number of ketones is 1. The van der Waals surface area contributed by atoms with E-state index in [0.29, 0.717) is 11.8 Å². The highest BCUT2D eigenvalue weighted by molar-refractivity contribution is 5.84. The molecule has 3 aliphatic rings. The third-order valence-corrected chi connectivity index (χ3v) is 7.92. The Labute approximate surface area is 175 Å². The molecule has 0 amide bonds. The Morgan fingerprint density at radius 3 is 2.76 bits per heavy atom. The van der Waals surface area contributed by atoms with Gasteiger partial charge in [0, 0.05) is 17.9 Å². The van der Waals surface area contributed by atoms with Gasteiger partial charge in [0.15, 0.2) is 0 Å². The molecule has 0 spiro atoms. The quantitative estimate of drug-likeness (QED) is 0.541. The van der Waals surface area contributed by atoms with E-state index in [4.69, 9.17) is 4.74 Å². The van der Waals surface area contributed by atoms with Crippen LogP contribution in [0.4, 0.5) is 0 Å². The minimum absolute atomic E-state index is 0.0346. The lowest BCUT2D eigenvalue weighted by atomic mass is 9.52. The normalized spacial score (nSPS) is 29.7. The van der Waals surface area contributed by atoms with Crippen molar-refractivity contribution >= 4 is 11.8 Å². The van der Waals surface area contributed by atoms with Gasteiger partial charge in [-0.2, -0.15) is 0 Å². The van der Waals surface area contributed by atoms with Crippen LogP contribution in [-0.2, 0) is 21.4 Å². The van der Waals surface area contributed by atoms with Gasteiger partial charge in [0.25, 0.3) is 0 Å². The van der Waals surface area contributed by atoms with Crippen LogP contribution in [-0.4, -0.2) is 36.3 Å². The van der Waals surface area contributed by atoms with E-state index in [9.17, 15) is 9.59 Å². The van der Waals surface area contributed by atoms with Crippen molar-refractivity contribution < 1.29 is 14.3 Å². The van der Waals surface area contributed by atoms with Gasteiger partial charge in [-0.1, -0.05) is 32.8 Å². The number of carbonyl (C=O) groups is 2. The van der Waals surface area contributed by atoms with Gasteiger partial charge < -0.3 is 14.4 Å². The SMILES string of the molecule is CC(=O)CC(C(=O)Oc1ccc2c(c1)[C@]13CCCC[C@@H]1C(C2)N(C)CC3)C(C)C. The fourth-order valence-electron chi connectivity index (χ4n) is 6.33. The van der Waals surface area contributed by atoms with Crippen LogP contribution >= 0.6 is 0 Å². The Balaban J connectivity index is 1.63. The number of hydrogen-bond acceptors (Lipinski definition) is 4. The first-order valence-electron chi connectivity index (χ1n) is 11.4. The molecule has 1 aromatic carbocycles. The van der Waals surface area contributed by atoms with Crippen LogP contribution < -0.4 is 4.74 Å². The van der Waals surface area contributed by atoms with Crippen LogP contribution in [0.1, 0.15) is 70.4 Å². The maximum Gasteiger partial charge on any atom is 0.315 e. The number of nitrogens with zero attached hydrogens (tertiary/aromatic N) is 1. The summed E-state index contributed by atoms with van der Waals surface area (Å²) in [6.45, 7) is 6.65. The van der Waals surface area contributed by atoms with E-state index in [1.165, 1.54) is 43.2 Å². The molecule has 0 radical (unpaired) electrons. The predicted octanol–water partition coefficient (Wildman–Crippen LogP) is 4.53. The molecular formula is C25H35NO3. The number of likely N-dealkylation sites (N-methyl/N-ethyl adjacent to an activating group) is 1. The second kappa shape index (κ2) is 7.86. The summed E-state index contributed by atoms with van der Waals surface area (Å²) in [6, 6.07) is 6.95. The third kappa shape index (κ3) is 3.65. The lowest BCUT2D eigenvalue weighted by Gasteiger charge is -2.58. The number of benzene rings is 1. The average molecular weight is 398 g/mol. The summed E-state index contributed by atoms with van der Waals surface area (Å²) in [6.07, 6.45) is 7.76. The van der Waals surface area contributed by atoms with Gasteiger partial charge in [-0.15, -0.1) is 0 Å². The van der Waals surface area contributed by atoms with Crippen molar-refractivity contribution in [3.05, 3.63) is 29.3 Å². The van der Waals surface area contributed by atoms with Crippen LogP contribution in [0.2, 0.25) is 0 Å². The highest BCUT2D eigenvalue weighted by Gasteiger charge is 2.53. The number of Topliss-reactive ketones (excluding diaryl/α,β-unsaturated/α-hetero) is 1. The average Bonchev–Trinajstić information content (AvgIpc) is 2.69. The van der Waals surface area contributed by atoms with E-state index in [1.54, 1.807) is 6.92 Å². The molecular weight excluding hydrogens is 362 g/mol. The monoisotopic (exact) mass is 397 g/mol. The maximum atomic E-state index is 12.8. The molecule has 1 saturated heterocycles. The standard InChI is InChI=1S/C25H35NO3/c1-16(2)20(13-17(3)27)24(28)29-19-9-8-18-14-23-21-7-5-6-10-25(21,22(18)15-19)11-12-26(23)4/h8-9,15-16,20-21,23H,5-7,10-14H2,1-4H3/t20?,21-,23?,25+/m1/s1. The number of piperidine rings is 1. The second-order valence-electron chi connectivity index (χ2n) is 10.0. The van der Waals surface area contributed by atoms with E-state index in [1.807, 2.05) is 19.9 Å². The van der Waals surface area contributed by atoms with Crippen molar-refractivity contribution in [2.45, 2.75) is 77.2 Å². The highest BCUT2D eigenvalue weighted by atomic mass is 16.5. The molecule has 2 bridgehead atoms. The third-order valence-electron chi connectivity index (χ3n) is 7.92. The number of carbonyl (C=O) groups excluding carboxylic acids is 2. The zero-order valence-corrected chi connectivity index (χ0v) is 18.4. The number of rotatable bonds is 5. The van der Waals surface area contributed by atoms with Crippen molar-refractivity contribution in [2.75, 3.05) is 13.6 Å². The van der Waals surface area contributed by atoms with Crippen LogP contribution in [0.25, 0.3) is 0 Å². The Morgan fingerprint density at radius 1 is 1.24 bits per heavy atom. The molecule has 4 heteroatoms. The summed E-state index contributed by atoms with van der Waals surface area (Å²) >= 11 is 0. The summed E-state index contributed by atoms with van der Waals surface area (Å²) in [5.74, 6) is 0.836. The predicted molar refractivity (Wildman–Crippen MR) is 114 cm³/mol. The Morgan fingerprint density at radius 2 is 2.03 bits per heavy atom. The van der Waals surface area contributed by atoms with Gasteiger partial charge >= 0.3 is 5.97 Å². The summed E-state index contributed by atoms with van der Waals surface area (Å²) in [4.78, 5) is 27.0. The number of esters is 1. The van der Waals surface area contributed by atoms with Gasteiger partial charge in [-0.05, 0) is 81.3 Å². The molecule has 4 rings (SSSR count). The fraction of sp³-hybridized carbons (Fsp3) is 0.680. The van der Waals surface area contributed by atoms with E-state index >= 15 is 0 Å². The molecule has 1 aliphatic heterocycles. The molecule has 4 atom stereocenters. The van der Waals surface area contributed by atoms with Gasteiger partial charge in [0.1, 0.15) is 11.5 Å². The second-order valence-corrected chi connectivity index (χ2v) is 10.0. The summed E-state index contributed by atoms with van der Waals surface area (Å²) in [5, 5.41) is 0. The smallest absolute Gasteiger partial charge is 0.315 e. The van der Waals surface area contributed by atoms with E-state index in [-0.39, 0.29) is 35.4 Å². The van der Waals surface area contributed by atoms with Crippen molar-refractivity contribution in [3.63, 3.8) is 0 Å². The Kier molecular flexibility index (Phi) is 5.58. The molecule has 4 nitrogen and oxygen atoms in total. The van der Waals surface area contributed by atoms with Crippen LogP contribution in [0.3, 0.4) is 0 Å². The minimum atomic E-state index is -0.378. The molecule has 158 valence electrons. The first-order valence-corrected chi connectivity index (χ1v) is 11.4. The van der Waals surface area contributed by atoms with E-state index < -0.39 is 0 Å². The lowest BCUT2D eigenvalue weighted by Crippen LogP contribution is -2.59. The van der Waals surface area contributed by atoms with Crippen molar-refractivity contribution in [1.82, 2.24) is 4.90 Å². The van der Waals surface area contributed by atoms with E-state index in [0.717, 1.165) is 18.9 Å². The largest absolute Gasteiger partial charge is 0.426 e. The van der Waals surface area contributed by atoms with Crippen molar-refractivity contribution in [3.8, 4) is 5.75 Å². The van der Waals surface area contributed by atoms with Crippen LogP contribution in [0.15, 0.2) is 18.2 Å². The Bertz CT molecular complexity index is 801. The zero-order valence-electron chi connectivity index (χ0n) is 18.4. The summed E-state index contributed by atoms with van der Waals surface area (Å²) in [5.41, 5.74) is 3.12. The summed E-state index contributed by atoms with van der Waals surface area (Å²) in [7, 11) is 2.28. The minimum Gasteiger partial charge on any atom is -0.426 e. The first-order chi connectivity index (χ1) is 13.8. The van der Waals surface area contributed by atoms with Crippen LogP contribution in [0.5, 0.6) is 5.75 Å². The molecule has 29 heavy (non-hydrogen) atoms. The molecule has 2 unspecified atom stereocenters. The van der Waals surface area contributed by atoms with E-state index in [2.05, 4.69) is 24.1 Å². The first kappa shape index (κ1) is 20.6. The van der Waals surface area contributed by atoms with Crippen molar-refractivity contribution in [2.24, 2.45) is 17.8 Å². The highest BCUT2D eigenvalue weighted by Crippen LogP contribution is 2.55. The van der Waals surface area contributed by atoms with Crippen molar-refractivity contribution in [1.29, 1.82) is 0 Å². The summed E-state index contributed by atoms with van der Waals surface area (Å²) < 4.78 is 5.84. The topological polar surface area (TPSA) is 46.6 Å². The zero-order chi connectivity index (χ0) is 20.8. The maximum absolute atomic E-state index is 12.8. The molecule has 0 aromatic heterocycles. The number of hydrogen-bond donors (Lipinski definition) is 0. The molecule has 1 aromatic rings.